The molecule has 5 rings (SSSR count). The third-order valence-electron chi connectivity index (χ3n) is 5.94. The standard InChI is InChI=1S/C24H25N5O/c30-23(18-27-14-16-28(17-15-27)24-25-12-5-13-26-24)29-21-8-3-1-6-19(21)10-11-20-7-2-4-9-22(20)29/h1-9,12-13H,10-11,14-18H2. The molecule has 2 aromatic carbocycles. The van der Waals surface area contributed by atoms with Gasteiger partial charge in [0.25, 0.3) is 0 Å². The quantitative estimate of drug-likeness (QED) is 0.678. The van der Waals surface area contributed by atoms with Crippen LogP contribution in [0.1, 0.15) is 11.1 Å². The fourth-order valence-electron chi connectivity index (χ4n) is 4.37. The minimum atomic E-state index is 0.126. The normalized spacial score (nSPS) is 16.5. The Hall–Kier alpha value is -3.25. The summed E-state index contributed by atoms with van der Waals surface area (Å²) < 4.78 is 0. The number of carbonyl (C=O) groups is 1. The molecule has 0 spiro atoms. The van der Waals surface area contributed by atoms with Gasteiger partial charge in [-0.3, -0.25) is 14.6 Å². The van der Waals surface area contributed by atoms with Crippen LogP contribution >= 0.6 is 0 Å². The van der Waals surface area contributed by atoms with Gasteiger partial charge in [0.05, 0.1) is 17.9 Å². The molecule has 3 aromatic rings. The van der Waals surface area contributed by atoms with Gasteiger partial charge in [0.15, 0.2) is 0 Å². The number of piperazine rings is 1. The zero-order chi connectivity index (χ0) is 20.3. The Balaban J connectivity index is 1.34. The van der Waals surface area contributed by atoms with E-state index >= 15 is 0 Å². The van der Waals surface area contributed by atoms with Crippen LogP contribution in [0.2, 0.25) is 0 Å². The van der Waals surface area contributed by atoms with Gasteiger partial charge in [-0.2, -0.15) is 0 Å². The Kier molecular flexibility index (Phi) is 5.15. The van der Waals surface area contributed by atoms with E-state index in [4.69, 9.17) is 0 Å². The van der Waals surface area contributed by atoms with E-state index in [1.807, 2.05) is 23.1 Å². The molecule has 6 nitrogen and oxygen atoms in total. The summed E-state index contributed by atoms with van der Waals surface area (Å²) in [5.74, 6) is 0.889. The second-order valence-corrected chi connectivity index (χ2v) is 7.80. The van der Waals surface area contributed by atoms with Crippen LogP contribution in [-0.4, -0.2) is 53.5 Å². The molecule has 2 aliphatic heterocycles. The first kappa shape index (κ1) is 18.8. The highest BCUT2D eigenvalue weighted by atomic mass is 16.2. The maximum atomic E-state index is 13.5. The van der Waals surface area contributed by atoms with E-state index in [2.05, 4.69) is 56.2 Å². The summed E-state index contributed by atoms with van der Waals surface area (Å²) in [4.78, 5) is 28.6. The lowest BCUT2D eigenvalue weighted by molar-refractivity contribution is -0.119. The molecule has 152 valence electrons. The van der Waals surface area contributed by atoms with Crippen LogP contribution in [0.4, 0.5) is 17.3 Å². The molecule has 0 unspecified atom stereocenters. The number of hydrogen-bond donors (Lipinski definition) is 0. The van der Waals surface area contributed by atoms with Crippen molar-refractivity contribution in [1.29, 1.82) is 0 Å². The zero-order valence-electron chi connectivity index (χ0n) is 16.9. The number of anilines is 3. The van der Waals surface area contributed by atoms with Gasteiger partial charge in [0.1, 0.15) is 0 Å². The van der Waals surface area contributed by atoms with Crippen molar-refractivity contribution in [1.82, 2.24) is 14.9 Å². The van der Waals surface area contributed by atoms with Crippen molar-refractivity contribution in [3.63, 3.8) is 0 Å². The molecule has 1 aromatic heterocycles. The van der Waals surface area contributed by atoms with Crippen molar-refractivity contribution in [2.75, 3.05) is 42.5 Å². The number of amides is 1. The zero-order valence-corrected chi connectivity index (χ0v) is 16.9. The summed E-state index contributed by atoms with van der Waals surface area (Å²) in [7, 11) is 0. The first-order valence-corrected chi connectivity index (χ1v) is 10.5. The van der Waals surface area contributed by atoms with Crippen molar-refractivity contribution in [3.05, 3.63) is 78.1 Å². The van der Waals surface area contributed by atoms with E-state index in [1.54, 1.807) is 12.4 Å². The minimum Gasteiger partial charge on any atom is -0.338 e. The second kappa shape index (κ2) is 8.24. The smallest absolute Gasteiger partial charge is 0.245 e. The first-order valence-electron chi connectivity index (χ1n) is 10.5. The molecule has 30 heavy (non-hydrogen) atoms. The molecule has 1 fully saturated rings. The molecule has 6 heteroatoms. The topological polar surface area (TPSA) is 52.6 Å². The van der Waals surface area contributed by atoms with Crippen LogP contribution in [0.25, 0.3) is 0 Å². The largest absolute Gasteiger partial charge is 0.338 e. The molecule has 0 bridgehead atoms. The van der Waals surface area contributed by atoms with Crippen LogP contribution in [0.3, 0.4) is 0 Å². The molecule has 0 radical (unpaired) electrons. The molecule has 3 heterocycles. The van der Waals surface area contributed by atoms with Crippen LogP contribution < -0.4 is 9.80 Å². The van der Waals surface area contributed by atoms with Crippen LogP contribution in [0, 0.1) is 0 Å². The molecular weight excluding hydrogens is 374 g/mol. The maximum Gasteiger partial charge on any atom is 0.245 e. The first-order chi connectivity index (χ1) is 14.8. The van der Waals surface area contributed by atoms with Gasteiger partial charge in [-0.25, -0.2) is 9.97 Å². The molecule has 2 aliphatic rings. The SMILES string of the molecule is O=C(CN1CCN(c2ncccn2)CC1)N1c2ccccc2CCc2ccccc21. The average Bonchev–Trinajstić information content (AvgIpc) is 2.97. The van der Waals surface area contributed by atoms with Crippen molar-refractivity contribution >= 4 is 23.2 Å². The Morgan fingerprint density at radius 1 is 0.767 bits per heavy atom. The van der Waals surface area contributed by atoms with E-state index in [0.29, 0.717) is 6.54 Å². The highest BCUT2D eigenvalue weighted by Gasteiger charge is 2.28. The summed E-state index contributed by atoms with van der Waals surface area (Å²) in [6.07, 6.45) is 5.44. The summed E-state index contributed by atoms with van der Waals surface area (Å²) >= 11 is 0. The predicted octanol–water partition coefficient (Wildman–Crippen LogP) is 3.06. The maximum absolute atomic E-state index is 13.5. The molecule has 0 aliphatic carbocycles. The Morgan fingerprint density at radius 3 is 1.93 bits per heavy atom. The van der Waals surface area contributed by atoms with E-state index in [-0.39, 0.29) is 5.91 Å². The van der Waals surface area contributed by atoms with E-state index in [0.717, 1.165) is 56.3 Å². The monoisotopic (exact) mass is 399 g/mol. The van der Waals surface area contributed by atoms with Crippen LogP contribution in [0.15, 0.2) is 67.0 Å². The lowest BCUT2D eigenvalue weighted by Gasteiger charge is -2.35. The third kappa shape index (κ3) is 3.66. The summed E-state index contributed by atoms with van der Waals surface area (Å²) in [6.45, 7) is 3.70. The van der Waals surface area contributed by atoms with E-state index in [9.17, 15) is 4.79 Å². The summed E-state index contributed by atoms with van der Waals surface area (Å²) in [5, 5.41) is 0. The number of aryl methyl sites for hydroxylation is 2. The molecular formula is C24H25N5O. The number of para-hydroxylation sites is 2. The Bertz CT molecular complexity index is 983. The average molecular weight is 399 g/mol. The van der Waals surface area contributed by atoms with Gasteiger partial charge in [-0.15, -0.1) is 0 Å². The fraction of sp³-hybridized carbons (Fsp3) is 0.292. The van der Waals surface area contributed by atoms with Gasteiger partial charge in [0, 0.05) is 38.6 Å². The van der Waals surface area contributed by atoms with Crippen LogP contribution in [0.5, 0.6) is 0 Å². The van der Waals surface area contributed by atoms with Gasteiger partial charge < -0.3 is 4.90 Å². The lowest BCUT2D eigenvalue weighted by atomic mass is 10.0. The molecule has 1 amide bonds. The number of hydrogen-bond acceptors (Lipinski definition) is 5. The number of fused-ring (bicyclic) bond motifs is 2. The highest BCUT2D eigenvalue weighted by molar-refractivity contribution is 6.03. The van der Waals surface area contributed by atoms with Gasteiger partial charge in [-0.05, 0) is 42.2 Å². The Morgan fingerprint density at radius 2 is 1.33 bits per heavy atom. The number of benzene rings is 2. The number of rotatable bonds is 3. The van der Waals surface area contributed by atoms with Gasteiger partial charge >= 0.3 is 0 Å². The van der Waals surface area contributed by atoms with Gasteiger partial charge in [0.2, 0.25) is 11.9 Å². The van der Waals surface area contributed by atoms with E-state index in [1.165, 1.54) is 11.1 Å². The predicted molar refractivity (Wildman–Crippen MR) is 118 cm³/mol. The Labute approximate surface area is 176 Å². The number of carbonyl (C=O) groups excluding carboxylic acids is 1. The van der Waals surface area contributed by atoms with Crippen LogP contribution in [-0.2, 0) is 17.6 Å². The van der Waals surface area contributed by atoms with Crippen molar-refractivity contribution in [2.45, 2.75) is 12.8 Å². The number of aromatic nitrogens is 2. The fourth-order valence-corrected chi connectivity index (χ4v) is 4.37. The van der Waals surface area contributed by atoms with Gasteiger partial charge in [-0.1, -0.05) is 36.4 Å². The molecule has 1 saturated heterocycles. The van der Waals surface area contributed by atoms with Crippen molar-refractivity contribution in [2.24, 2.45) is 0 Å². The molecule has 0 atom stereocenters. The third-order valence-corrected chi connectivity index (χ3v) is 5.94. The lowest BCUT2D eigenvalue weighted by Crippen LogP contribution is -2.50. The molecule has 0 saturated carbocycles. The van der Waals surface area contributed by atoms with E-state index < -0.39 is 0 Å². The summed E-state index contributed by atoms with van der Waals surface area (Å²) in [5.41, 5.74) is 4.49. The number of nitrogens with zero attached hydrogens (tertiary/aromatic N) is 5. The van der Waals surface area contributed by atoms with Crippen molar-refractivity contribution < 1.29 is 4.79 Å². The second-order valence-electron chi connectivity index (χ2n) is 7.80. The highest BCUT2D eigenvalue weighted by Crippen LogP contribution is 2.36. The molecule has 0 N–H and O–H groups in total. The summed E-state index contributed by atoms with van der Waals surface area (Å²) in [6, 6.07) is 18.4. The van der Waals surface area contributed by atoms with Crippen molar-refractivity contribution in [3.8, 4) is 0 Å². The minimum absolute atomic E-state index is 0.126.